The van der Waals surface area contributed by atoms with E-state index in [1.807, 2.05) is 0 Å². The first-order chi connectivity index (χ1) is 11.9. The van der Waals surface area contributed by atoms with E-state index in [9.17, 15) is 19.5 Å². The Kier molecular flexibility index (Phi) is 6.14. The zero-order chi connectivity index (χ0) is 18.4. The third kappa shape index (κ3) is 4.81. The number of halogens is 1. The molecular weight excluding hydrogens is 344 g/mol. The Balaban J connectivity index is 2.14. The van der Waals surface area contributed by atoms with Gasteiger partial charge in [-0.3, -0.25) is 9.59 Å². The Morgan fingerprint density at radius 2 is 1.88 bits per heavy atom. The molecule has 0 aromatic heterocycles. The first-order valence-corrected chi connectivity index (χ1v) is 7.88. The maximum absolute atomic E-state index is 12.4. The van der Waals surface area contributed by atoms with Gasteiger partial charge < -0.3 is 15.7 Å². The van der Waals surface area contributed by atoms with E-state index in [0.717, 1.165) is 0 Å². The predicted molar refractivity (Wildman–Crippen MR) is 94.9 cm³/mol. The monoisotopic (exact) mass is 360 g/mol. The van der Waals surface area contributed by atoms with Crippen LogP contribution in [0.4, 0.5) is 5.69 Å². The fourth-order valence-corrected chi connectivity index (χ4v) is 2.70. The molecular formula is C18H17ClN2O4. The smallest absolute Gasteiger partial charge is 0.326 e. The highest BCUT2D eigenvalue weighted by Gasteiger charge is 2.23. The summed E-state index contributed by atoms with van der Waals surface area (Å²) in [6.07, 6.45) is 0.660. The van der Waals surface area contributed by atoms with E-state index in [0.29, 0.717) is 23.2 Å². The van der Waals surface area contributed by atoms with Gasteiger partial charge >= 0.3 is 5.97 Å². The molecule has 0 fully saturated rings. The van der Waals surface area contributed by atoms with Crippen LogP contribution >= 0.6 is 11.6 Å². The van der Waals surface area contributed by atoms with Gasteiger partial charge in [-0.05, 0) is 36.2 Å². The van der Waals surface area contributed by atoms with Crippen molar-refractivity contribution < 1.29 is 19.5 Å². The quantitative estimate of drug-likeness (QED) is 0.661. The van der Waals surface area contributed by atoms with Gasteiger partial charge in [0.05, 0.1) is 10.6 Å². The second-order valence-electron chi connectivity index (χ2n) is 5.46. The predicted octanol–water partition coefficient (Wildman–Crippen LogP) is 2.64. The normalized spacial score (nSPS) is 11.4. The summed E-state index contributed by atoms with van der Waals surface area (Å²) < 4.78 is 0. The number of carbonyl (C=O) groups is 3. The highest BCUT2D eigenvalue weighted by atomic mass is 35.5. The van der Waals surface area contributed by atoms with E-state index in [1.54, 1.807) is 49.4 Å². The van der Waals surface area contributed by atoms with Gasteiger partial charge in [-0.15, -0.1) is 0 Å². The van der Waals surface area contributed by atoms with E-state index in [-0.39, 0.29) is 17.0 Å². The Morgan fingerprint density at radius 3 is 2.44 bits per heavy atom. The van der Waals surface area contributed by atoms with Crippen LogP contribution in [0, 0.1) is 6.92 Å². The maximum Gasteiger partial charge on any atom is 0.326 e. The van der Waals surface area contributed by atoms with Crippen molar-refractivity contribution in [3.63, 3.8) is 0 Å². The van der Waals surface area contributed by atoms with Crippen molar-refractivity contribution in [2.24, 2.45) is 0 Å². The number of aliphatic carboxylic acids is 1. The number of anilines is 1. The minimum atomic E-state index is -1.15. The van der Waals surface area contributed by atoms with E-state index >= 15 is 0 Å². The van der Waals surface area contributed by atoms with Gasteiger partial charge in [0, 0.05) is 12.1 Å². The van der Waals surface area contributed by atoms with Crippen LogP contribution in [0.1, 0.15) is 21.5 Å². The van der Waals surface area contributed by atoms with Crippen molar-refractivity contribution in [1.29, 1.82) is 0 Å². The Morgan fingerprint density at radius 1 is 1.20 bits per heavy atom. The van der Waals surface area contributed by atoms with Crippen molar-refractivity contribution in [2.45, 2.75) is 19.4 Å². The molecule has 0 aliphatic heterocycles. The largest absolute Gasteiger partial charge is 0.480 e. The minimum Gasteiger partial charge on any atom is -0.480 e. The molecule has 25 heavy (non-hydrogen) atoms. The lowest BCUT2D eigenvalue weighted by Crippen LogP contribution is -2.42. The average molecular weight is 361 g/mol. The first-order valence-electron chi connectivity index (χ1n) is 7.50. The van der Waals surface area contributed by atoms with Crippen molar-refractivity contribution in [3.8, 4) is 0 Å². The van der Waals surface area contributed by atoms with Gasteiger partial charge in [0.25, 0.3) is 5.91 Å². The van der Waals surface area contributed by atoms with Gasteiger partial charge in [-0.2, -0.15) is 0 Å². The summed E-state index contributed by atoms with van der Waals surface area (Å²) in [5, 5.41) is 14.7. The number of carboxylic acid groups (broad SMARTS) is 1. The van der Waals surface area contributed by atoms with Crippen molar-refractivity contribution in [1.82, 2.24) is 5.32 Å². The van der Waals surface area contributed by atoms with Crippen molar-refractivity contribution >= 4 is 35.6 Å². The maximum atomic E-state index is 12.4. The van der Waals surface area contributed by atoms with E-state index in [1.165, 1.54) is 0 Å². The molecule has 0 bridgehead atoms. The zero-order valence-corrected chi connectivity index (χ0v) is 14.2. The summed E-state index contributed by atoms with van der Waals surface area (Å²) in [5.41, 5.74) is 2.24. The van der Waals surface area contributed by atoms with Crippen molar-refractivity contribution in [2.75, 3.05) is 5.32 Å². The molecule has 0 heterocycles. The lowest BCUT2D eigenvalue weighted by molar-refractivity contribution is -0.139. The number of carbonyl (C=O) groups excluding carboxylic acids is 2. The van der Waals surface area contributed by atoms with Crippen LogP contribution in [0.5, 0.6) is 0 Å². The fourth-order valence-electron chi connectivity index (χ4n) is 2.39. The number of rotatable bonds is 7. The molecule has 1 atom stereocenters. The third-order valence-electron chi connectivity index (χ3n) is 3.67. The summed E-state index contributed by atoms with van der Waals surface area (Å²) in [5.74, 6) is -1.68. The molecule has 0 radical (unpaired) electrons. The molecule has 2 amide bonds. The number of nitrogens with one attached hydrogen (secondary N) is 2. The molecule has 0 aliphatic rings. The molecule has 3 N–H and O–H groups in total. The summed E-state index contributed by atoms with van der Waals surface area (Å²) in [6.45, 7) is 1.73. The molecule has 1 unspecified atom stereocenters. The highest BCUT2D eigenvalue weighted by molar-refractivity contribution is 6.34. The number of benzene rings is 2. The van der Waals surface area contributed by atoms with Crippen molar-refractivity contribution in [3.05, 3.63) is 64.2 Å². The fraction of sp³-hybridized carbons (Fsp3) is 0.167. The molecule has 0 saturated carbocycles. The van der Waals surface area contributed by atoms with Gasteiger partial charge in [0.1, 0.15) is 6.04 Å². The second kappa shape index (κ2) is 8.30. The van der Waals surface area contributed by atoms with E-state index < -0.39 is 17.9 Å². The molecule has 0 spiro atoms. The summed E-state index contributed by atoms with van der Waals surface area (Å²) in [4.78, 5) is 34.3. The Labute approximate surface area is 149 Å². The summed E-state index contributed by atoms with van der Waals surface area (Å²) >= 11 is 6.05. The van der Waals surface area contributed by atoms with Crippen LogP contribution in [0.15, 0.2) is 42.5 Å². The highest BCUT2D eigenvalue weighted by Crippen LogP contribution is 2.19. The molecule has 130 valence electrons. The molecule has 0 saturated heterocycles. The van der Waals surface area contributed by atoms with Crippen LogP contribution in [-0.2, 0) is 16.0 Å². The molecule has 7 heteroatoms. The van der Waals surface area contributed by atoms with Crippen LogP contribution in [0.25, 0.3) is 0 Å². The lowest BCUT2D eigenvalue weighted by atomic mass is 10.0. The number of carboxylic acids is 1. The van der Waals surface area contributed by atoms with E-state index in [4.69, 9.17) is 11.6 Å². The van der Waals surface area contributed by atoms with Gasteiger partial charge in [0.15, 0.2) is 0 Å². The number of hydrogen-bond donors (Lipinski definition) is 3. The number of aryl methyl sites for hydroxylation is 1. The van der Waals surface area contributed by atoms with Crippen LogP contribution < -0.4 is 10.6 Å². The van der Waals surface area contributed by atoms with Gasteiger partial charge in [0.2, 0.25) is 6.41 Å². The van der Waals surface area contributed by atoms with Crippen LogP contribution in [-0.4, -0.2) is 29.4 Å². The topological polar surface area (TPSA) is 95.5 Å². The summed E-state index contributed by atoms with van der Waals surface area (Å²) in [7, 11) is 0. The van der Waals surface area contributed by atoms with Gasteiger partial charge in [-0.1, -0.05) is 35.9 Å². The van der Waals surface area contributed by atoms with Gasteiger partial charge in [-0.25, -0.2) is 4.79 Å². The van der Waals surface area contributed by atoms with Crippen LogP contribution in [0.2, 0.25) is 5.02 Å². The molecule has 0 aliphatic carbocycles. The standard InChI is InChI=1S/C18H17ClN2O4/c1-11-3-2-4-14(19)16(11)17(23)21-15(18(24)25)9-12-5-7-13(8-6-12)20-10-22/h2-8,10,15H,9H2,1H3,(H,20,22)(H,21,23)(H,24,25). The van der Waals surface area contributed by atoms with Crippen LogP contribution in [0.3, 0.4) is 0 Å². The Hall–Kier alpha value is -2.86. The third-order valence-corrected chi connectivity index (χ3v) is 3.99. The zero-order valence-electron chi connectivity index (χ0n) is 13.5. The molecule has 2 aromatic carbocycles. The Bertz CT molecular complexity index is 770. The number of amides is 2. The minimum absolute atomic E-state index is 0.103. The molecule has 6 nitrogen and oxygen atoms in total. The summed E-state index contributed by atoms with van der Waals surface area (Å²) in [6, 6.07) is 10.6. The van der Waals surface area contributed by atoms with E-state index in [2.05, 4.69) is 10.6 Å². The SMILES string of the molecule is Cc1cccc(Cl)c1C(=O)NC(Cc1ccc(NC=O)cc1)C(=O)O. The average Bonchev–Trinajstić information content (AvgIpc) is 2.56. The number of hydrogen-bond acceptors (Lipinski definition) is 3. The molecule has 2 rings (SSSR count). The second-order valence-corrected chi connectivity index (χ2v) is 5.87. The molecule has 2 aromatic rings. The first kappa shape index (κ1) is 18.5. The lowest BCUT2D eigenvalue weighted by Gasteiger charge is -2.16.